The SMILES string of the molecule is CCCCc1nn2c(=O)cc(CN(C)Cc3ccc(OC)cc3)nc2s1. The number of nitrogens with zero attached hydrogens (tertiary/aromatic N) is 4. The number of methoxy groups -OCH3 is 1. The monoisotopic (exact) mass is 372 g/mol. The molecule has 3 rings (SSSR count). The Balaban J connectivity index is 1.71. The van der Waals surface area contributed by atoms with Crippen molar-refractivity contribution in [3.63, 3.8) is 0 Å². The molecule has 0 saturated heterocycles. The molecular formula is C19H24N4O2S. The first-order valence-corrected chi connectivity index (χ1v) is 9.61. The minimum absolute atomic E-state index is 0.109. The fraction of sp³-hybridized carbons (Fsp3) is 0.421. The second-order valence-corrected chi connectivity index (χ2v) is 7.44. The van der Waals surface area contributed by atoms with Gasteiger partial charge in [-0.1, -0.05) is 36.8 Å². The molecule has 2 aromatic heterocycles. The van der Waals surface area contributed by atoms with E-state index in [4.69, 9.17) is 4.74 Å². The molecule has 0 aliphatic heterocycles. The Morgan fingerprint density at radius 3 is 2.69 bits per heavy atom. The number of hydrogen-bond donors (Lipinski definition) is 0. The lowest BCUT2D eigenvalue weighted by molar-refractivity contribution is 0.315. The fourth-order valence-electron chi connectivity index (χ4n) is 2.78. The molecular weight excluding hydrogens is 348 g/mol. The maximum atomic E-state index is 12.3. The molecule has 0 atom stereocenters. The van der Waals surface area contributed by atoms with E-state index >= 15 is 0 Å². The summed E-state index contributed by atoms with van der Waals surface area (Å²) in [5.41, 5.74) is 1.85. The number of rotatable bonds is 8. The largest absolute Gasteiger partial charge is 0.497 e. The van der Waals surface area contributed by atoms with Crippen molar-refractivity contribution in [3.8, 4) is 5.75 Å². The standard InChI is InChI=1S/C19H24N4O2S/c1-4-5-6-17-21-23-18(24)11-15(20-19(23)26-17)13-22(2)12-14-7-9-16(25-3)10-8-14/h7-11H,4-6,12-13H2,1-3H3. The number of unbranched alkanes of at least 4 members (excludes halogenated alkanes) is 1. The molecule has 2 heterocycles. The highest BCUT2D eigenvalue weighted by atomic mass is 32.1. The molecule has 26 heavy (non-hydrogen) atoms. The molecule has 0 N–H and O–H groups in total. The Hall–Kier alpha value is -2.25. The van der Waals surface area contributed by atoms with E-state index < -0.39 is 0 Å². The first-order valence-electron chi connectivity index (χ1n) is 8.79. The van der Waals surface area contributed by atoms with E-state index in [1.807, 2.05) is 31.3 Å². The van der Waals surface area contributed by atoms with E-state index in [-0.39, 0.29) is 5.56 Å². The Labute approximate surface area is 157 Å². The summed E-state index contributed by atoms with van der Waals surface area (Å²) < 4.78 is 6.60. The molecule has 7 heteroatoms. The van der Waals surface area contributed by atoms with E-state index in [1.54, 1.807) is 13.2 Å². The molecule has 0 aliphatic carbocycles. The normalized spacial score (nSPS) is 11.4. The summed E-state index contributed by atoms with van der Waals surface area (Å²) in [6, 6.07) is 9.58. The quantitative estimate of drug-likeness (QED) is 0.608. The average molecular weight is 372 g/mol. The Kier molecular flexibility index (Phi) is 6.00. The topological polar surface area (TPSA) is 59.7 Å². The zero-order valence-corrected chi connectivity index (χ0v) is 16.3. The van der Waals surface area contributed by atoms with Crippen LogP contribution in [-0.2, 0) is 19.5 Å². The van der Waals surface area contributed by atoms with Gasteiger partial charge in [-0.25, -0.2) is 4.98 Å². The van der Waals surface area contributed by atoms with Crippen molar-refractivity contribution in [2.45, 2.75) is 39.3 Å². The summed E-state index contributed by atoms with van der Waals surface area (Å²) in [5, 5.41) is 5.36. The van der Waals surface area contributed by atoms with Gasteiger partial charge in [-0.3, -0.25) is 9.69 Å². The average Bonchev–Trinajstić information content (AvgIpc) is 3.04. The van der Waals surface area contributed by atoms with Crippen molar-refractivity contribution < 1.29 is 4.74 Å². The number of aromatic nitrogens is 3. The van der Waals surface area contributed by atoms with Gasteiger partial charge in [0.2, 0.25) is 4.96 Å². The molecule has 3 aromatic rings. The molecule has 0 amide bonds. The van der Waals surface area contributed by atoms with Crippen LogP contribution in [0.2, 0.25) is 0 Å². The number of ether oxygens (including phenoxy) is 1. The maximum absolute atomic E-state index is 12.3. The van der Waals surface area contributed by atoms with Gasteiger partial charge in [0.05, 0.1) is 12.8 Å². The predicted molar refractivity (Wildman–Crippen MR) is 104 cm³/mol. The molecule has 6 nitrogen and oxygen atoms in total. The fourth-order valence-corrected chi connectivity index (χ4v) is 3.74. The van der Waals surface area contributed by atoms with Crippen molar-refractivity contribution in [1.82, 2.24) is 19.5 Å². The zero-order chi connectivity index (χ0) is 18.5. The molecule has 0 bridgehead atoms. The van der Waals surface area contributed by atoms with E-state index in [9.17, 15) is 4.79 Å². The molecule has 0 unspecified atom stereocenters. The van der Waals surface area contributed by atoms with Crippen LogP contribution in [0, 0.1) is 0 Å². The first kappa shape index (κ1) is 18.5. The molecule has 0 aliphatic rings. The molecule has 138 valence electrons. The van der Waals surface area contributed by atoms with Gasteiger partial charge >= 0.3 is 0 Å². The Morgan fingerprint density at radius 1 is 1.23 bits per heavy atom. The van der Waals surface area contributed by atoms with Gasteiger partial charge in [-0.05, 0) is 31.2 Å². The summed E-state index contributed by atoms with van der Waals surface area (Å²) in [6.45, 7) is 3.53. The number of hydrogen-bond acceptors (Lipinski definition) is 6. The van der Waals surface area contributed by atoms with Crippen molar-refractivity contribution in [1.29, 1.82) is 0 Å². The van der Waals surface area contributed by atoms with Crippen LogP contribution < -0.4 is 10.3 Å². The number of fused-ring (bicyclic) bond motifs is 1. The first-order chi connectivity index (χ1) is 12.6. The van der Waals surface area contributed by atoms with E-state index in [1.165, 1.54) is 21.4 Å². The molecule has 0 radical (unpaired) electrons. The highest BCUT2D eigenvalue weighted by Crippen LogP contribution is 2.16. The van der Waals surface area contributed by atoms with Crippen molar-refractivity contribution in [2.24, 2.45) is 0 Å². The van der Waals surface area contributed by atoms with Crippen molar-refractivity contribution in [3.05, 3.63) is 57.0 Å². The van der Waals surface area contributed by atoms with Gasteiger partial charge in [0.25, 0.3) is 5.56 Å². The molecule has 1 aromatic carbocycles. The summed E-state index contributed by atoms with van der Waals surface area (Å²) in [5.74, 6) is 0.848. The number of aryl methyl sites for hydroxylation is 1. The smallest absolute Gasteiger partial charge is 0.275 e. The van der Waals surface area contributed by atoms with Crippen LogP contribution in [0.3, 0.4) is 0 Å². The third-order valence-corrected chi connectivity index (χ3v) is 5.10. The lowest BCUT2D eigenvalue weighted by Gasteiger charge is -2.16. The minimum Gasteiger partial charge on any atom is -0.497 e. The van der Waals surface area contributed by atoms with Crippen LogP contribution in [-0.4, -0.2) is 33.7 Å². The van der Waals surface area contributed by atoms with Gasteiger partial charge in [0.1, 0.15) is 10.8 Å². The summed E-state index contributed by atoms with van der Waals surface area (Å²) in [6.07, 6.45) is 3.09. The summed E-state index contributed by atoms with van der Waals surface area (Å²) in [4.78, 5) is 19.8. The highest BCUT2D eigenvalue weighted by Gasteiger charge is 2.10. The Morgan fingerprint density at radius 2 is 2.00 bits per heavy atom. The lowest BCUT2D eigenvalue weighted by Crippen LogP contribution is -2.21. The van der Waals surface area contributed by atoms with Gasteiger partial charge in [-0.15, -0.1) is 0 Å². The van der Waals surface area contributed by atoms with Crippen LogP contribution in [0.25, 0.3) is 4.96 Å². The molecule has 0 spiro atoms. The van der Waals surface area contributed by atoms with Crippen molar-refractivity contribution in [2.75, 3.05) is 14.2 Å². The van der Waals surface area contributed by atoms with Gasteiger partial charge < -0.3 is 4.74 Å². The summed E-state index contributed by atoms with van der Waals surface area (Å²) in [7, 11) is 3.68. The van der Waals surface area contributed by atoms with E-state index in [2.05, 4.69) is 21.9 Å². The van der Waals surface area contributed by atoms with E-state index in [0.29, 0.717) is 11.5 Å². The lowest BCUT2D eigenvalue weighted by atomic mass is 10.2. The van der Waals surface area contributed by atoms with Crippen LogP contribution >= 0.6 is 11.3 Å². The molecule has 0 fully saturated rings. The second-order valence-electron chi connectivity index (χ2n) is 6.40. The second kappa shape index (κ2) is 8.42. The van der Waals surface area contributed by atoms with Crippen LogP contribution in [0.5, 0.6) is 5.75 Å². The zero-order valence-electron chi connectivity index (χ0n) is 15.4. The van der Waals surface area contributed by atoms with Crippen LogP contribution in [0.15, 0.2) is 35.1 Å². The summed E-state index contributed by atoms with van der Waals surface area (Å²) >= 11 is 1.51. The third-order valence-electron chi connectivity index (χ3n) is 4.13. The maximum Gasteiger partial charge on any atom is 0.275 e. The highest BCUT2D eigenvalue weighted by molar-refractivity contribution is 7.16. The predicted octanol–water partition coefficient (Wildman–Crippen LogP) is 3.13. The van der Waals surface area contributed by atoms with Gasteiger partial charge in [0, 0.05) is 25.6 Å². The van der Waals surface area contributed by atoms with Crippen LogP contribution in [0.4, 0.5) is 0 Å². The van der Waals surface area contributed by atoms with Gasteiger partial charge in [0.15, 0.2) is 0 Å². The van der Waals surface area contributed by atoms with Gasteiger partial charge in [-0.2, -0.15) is 9.61 Å². The van der Waals surface area contributed by atoms with Crippen molar-refractivity contribution >= 4 is 16.3 Å². The van der Waals surface area contributed by atoms with E-state index in [0.717, 1.165) is 42.3 Å². The minimum atomic E-state index is -0.109. The molecule has 0 saturated carbocycles. The third kappa shape index (κ3) is 4.47. The van der Waals surface area contributed by atoms with Crippen LogP contribution in [0.1, 0.15) is 36.0 Å². The number of benzene rings is 1. The Bertz CT molecular complexity index is 917.